The van der Waals surface area contributed by atoms with E-state index in [9.17, 15) is 14.4 Å². The van der Waals surface area contributed by atoms with Crippen molar-refractivity contribution in [1.82, 2.24) is 14.4 Å². The second-order valence-corrected chi connectivity index (χ2v) is 7.13. The van der Waals surface area contributed by atoms with Crippen molar-refractivity contribution in [1.29, 1.82) is 0 Å². The minimum absolute atomic E-state index is 0.0159. The fourth-order valence-corrected chi connectivity index (χ4v) is 3.29. The molecule has 138 valence electrons. The van der Waals surface area contributed by atoms with E-state index in [2.05, 4.69) is 15.9 Å². The molecule has 0 radical (unpaired) electrons. The standard InChI is InChI=1S/C18H20BrN3O4/c1-13-2-4-15(26-13)18(25)21-10-8-20(9-11-21)17(24)6-7-22-12-14(19)3-5-16(22)23/h2-5,12H,6-11H2,1H3. The number of carbonyl (C=O) groups excluding carboxylic acids is 2. The van der Waals surface area contributed by atoms with Crippen LogP contribution in [0.2, 0.25) is 0 Å². The molecule has 0 saturated carbocycles. The van der Waals surface area contributed by atoms with Gasteiger partial charge in [-0.3, -0.25) is 14.4 Å². The monoisotopic (exact) mass is 421 g/mol. The van der Waals surface area contributed by atoms with Crippen molar-refractivity contribution in [3.8, 4) is 0 Å². The smallest absolute Gasteiger partial charge is 0.289 e. The second kappa shape index (κ2) is 7.90. The molecule has 2 amide bonds. The SMILES string of the molecule is Cc1ccc(C(=O)N2CCN(C(=O)CCn3cc(Br)ccc3=O)CC2)o1. The van der Waals surface area contributed by atoms with E-state index in [1.807, 2.05) is 0 Å². The summed E-state index contributed by atoms with van der Waals surface area (Å²) in [6.07, 6.45) is 1.93. The first-order valence-corrected chi connectivity index (χ1v) is 9.23. The van der Waals surface area contributed by atoms with E-state index >= 15 is 0 Å². The summed E-state index contributed by atoms with van der Waals surface area (Å²) in [6.45, 7) is 4.05. The Kier molecular flexibility index (Phi) is 5.61. The molecule has 0 N–H and O–H groups in total. The van der Waals surface area contributed by atoms with Gasteiger partial charge in [-0.1, -0.05) is 0 Å². The Morgan fingerprint density at radius 3 is 2.42 bits per heavy atom. The van der Waals surface area contributed by atoms with Crippen molar-refractivity contribution in [2.24, 2.45) is 0 Å². The third kappa shape index (κ3) is 4.24. The van der Waals surface area contributed by atoms with Gasteiger partial charge in [0, 0.05) is 55.9 Å². The Balaban J connectivity index is 1.51. The van der Waals surface area contributed by atoms with Crippen molar-refractivity contribution < 1.29 is 14.0 Å². The molecule has 1 fully saturated rings. The molecular weight excluding hydrogens is 402 g/mol. The number of pyridine rings is 1. The molecule has 1 saturated heterocycles. The number of amides is 2. The molecule has 0 aromatic carbocycles. The van der Waals surface area contributed by atoms with Crippen LogP contribution in [0.4, 0.5) is 0 Å². The molecule has 0 aliphatic carbocycles. The van der Waals surface area contributed by atoms with E-state index in [-0.39, 0.29) is 23.8 Å². The van der Waals surface area contributed by atoms with Crippen LogP contribution in [0.25, 0.3) is 0 Å². The number of aryl methyl sites for hydroxylation is 2. The number of rotatable bonds is 4. The van der Waals surface area contributed by atoms with Gasteiger partial charge in [0.2, 0.25) is 5.91 Å². The molecule has 1 aliphatic rings. The van der Waals surface area contributed by atoms with Gasteiger partial charge in [-0.2, -0.15) is 0 Å². The Hall–Kier alpha value is -2.35. The molecule has 0 bridgehead atoms. The van der Waals surface area contributed by atoms with E-state index in [0.717, 1.165) is 4.47 Å². The minimum Gasteiger partial charge on any atom is -0.456 e. The summed E-state index contributed by atoms with van der Waals surface area (Å²) in [5, 5.41) is 0. The number of furan rings is 1. The quantitative estimate of drug-likeness (QED) is 0.754. The summed E-state index contributed by atoms with van der Waals surface area (Å²) in [7, 11) is 0. The van der Waals surface area contributed by atoms with Crippen LogP contribution in [0.1, 0.15) is 22.7 Å². The zero-order chi connectivity index (χ0) is 18.7. The average molecular weight is 422 g/mol. The van der Waals surface area contributed by atoms with Crippen LogP contribution in [-0.4, -0.2) is 52.4 Å². The number of aromatic nitrogens is 1. The fourth-order valence-electron chi connectivity index (χ4n) is 2.92. The lowest BCUT2D eigenvalue weighted by Gasteiger charge is -2.34. The van der Waals surface area contributed by atoms with Crippen LogP contribution < -0.4 is 5.56 Å². The van der Waals surface area contributed by atoms with Crippen molar-refractivity contribution in [2.45, 2.75) is 19.9 Å². The lowest BCUT2D eigenvalue weighted by molar-refractivity contribution is -0.132. The molecule has 0 atom stereocenters. The summed E-state index contributed by atoms with van der Waals surface area (Å²) in [6, 6.07) is 6.58. The zero-order valence-corrected chi connectivity index (χ0v) is 16.1. The van der Waals surface area contributed by atoms with Gasteiger partial charge in [0.05, 0.1) is 0 Å². The maximum atomic E-state index is 12.4. The molecular formula is C18H20BrN3O4. The predicted molar refractivity (Wildman–Crippen MR) is 98.9 cm³/mol. The summed E-state index contributed by atoms with van der Waals surface area (Å²) < 4.78 is 7.68. The largest absolute Gasteiger partial charge is 0.456 e. The van der Waals surface area contributed by atoms with Gasteiger partial charge in [-0.25, -0.2) is 0 Å². The van der Waals surface area contributed by atoms with E-state index < -0.39 is 0 Å². The van der Waals surface area contributed by atoms with Crippen molar-refractivity contribution >= 4 is 27.7 Å². The van der Waals surface area contributed by atoms with Gasteiger partial charge < -0.3 is 18.8 Å². The maximum absolute atomic E-state index is 12.4. The lowest BCUT2D eigenvalue weighted by Crippen LogP contribution is -2.50. The second-order valence-electron chi connectivity index (χ2n) is 6.21. The topological polar surface area (TPSA) is 75.8 Å². The van der Waals surface area contributed by atoms with Crippen LogP contribution in [0.3, 0.4) is 0 Å². The van der Waals surface area contributed by atoms with Gasteiger partial charge >= 0.3 is 0 Å². The average Bonchev–Trinajstić information content (AvgIpc) is 3.08. The number of carbonyl (C=O) groups is 2. The van der Waals surface area contributed by atoms with Gasteiger partial charge in [-0.05, 0) is 41.1 Å². The highest BCUT2D eigenvalue weighted by molar-refractivity contribution is 9.10. The molecule has 0 unspecified atom stereocenters. The van der Waals surface area contributed by atoms with Crippen LogP contribution in [0.15, 0.2) is 44.1 Å². The molecule has 26 heavy (non-hydrogen) atoms. The van der Waals surface area contributed by atoms with Crippen LogP contribution in [0.5, 0.6) is 0 Å². The van der Waals surface area contributed by atoms with Gasteiger partial charge in [0.25, 0.3) is 11.5 Å². The number of hydrogen-bond donors (Lipinski definition) is 0. The van der Waals surface area contributed by atoms with E-state index in [4.69, 9.17) is 4.42 Å². The normalized spacial score (nSPS) is 14.5. The highest BCUT2D eigenvalue weighted by Gasteiger charge is 2.26. The minimum atomic E-state index is -0.147. The summed E-state index contributed by atoms with van der Waals surface area (Å²) in [5.41, 5.74) is -0.134. The van der Waals surface area contributed by atoms with Crippen molar-refractivity contribution in [2.75, 3.05) is 26.2 Å². The highest BCUT2D eigenvalue weighted by atomic mass is 79.9. The molecule has 0 spiro atoms. The van der Waals surface area contributed by atoms with Gasteiger partial charge in [-0.15, -0.1) is 0 Å². The third-order valence-electron chi connectivity index (χ3n) is 4.38. The number of nitrogens with zero attached hydrogens (tertiary/aromatic N) is 3. The van der Waals surface area contributed by atoms with Gasteiger partial charge in [0.1, 0.15) is 5.76 Å². The first-order valence-electron chi connectivity index (χ1n) is 8.43. The lowest BCUT2D eigenvalue weighted by atomic mass is 10.2. The molecule has 1 aliphatic heterocycles. The van der Waals surface area contributed by atoms with Crippen LogP contribution in [0, 0.1) is 6.92 Å². The van der Waals surface area contributed by atoms with Crippen molar-refractivity contribution in [3.63, 3.8) is 0 Å². The number of piperazine rings is 1. The molecule has 2 aromatic rings. The molecule has 3 heterocycles. The molecule has 8 heteroatoms. The molecule has 7 nitrogen and oxygen atoms in total. The Morgan fingerprint density at radius 2 is 1.77 bits per heavy atom. The van der Waals surface area contributed by atoms with Crippen molar-refractivity contribution in [3.05, 3.63) is 56.8 Å². The predicted octanol–water partition coefficient (Wildman–Crippen LogP) is 1.89. The maximum Gasteiger partial charge on any atom is 0.289 e. The summed E-state index contributed by atoms with van der Waals surface area (Å²) >= 11 is 3.32. The fraction of sp³-hybridized carbons (Fsp3) is 0.389. The molecule has 2 aromatic heterocycles. The first kappa shape index (κ1) is 18.4. The van der Waals surface area contributed by atoms with Crippen LogP contribution in [-0.2, 0) is 11.3 Å². The Bertz CT molecular complexity index is 865. The number of halogens is 1. The van der Waals surface area contributed by atoms with Crippen LogP contribution >= 0.6 is 15.9 Å². The van der Waals surface area contributed by atoms with E-state index in [0.29, 0.717) is 44.2 Å². The Morgan fingerprint density at radius 1 is 1.08 bits per heavy atom. The zero-order valence-electron chi connectivity index (χ0n) is 14.5. The Labute approximate surface area is 159 Å². The summed E-state index contributed by atoms with van der Waals surface area (Å²) in [5.74, 6) is 0.866. The summed E-state index contributed by atoms with van der Waals surface area (Å²) in [4.78, 5) is 40.0. The van der Waals surface area contributed by atoms with E-state index in [1.165, 1.54) is 10.6 Å². The molecule has 3 rings (SSSR count). The van der Waals surface area contributed by atoms with Gasteiger partial charge in [0.15, 0.2) is 5.76 Å². The highest BCUT2D eigenvalue weighted by Crippen LogP contribution is 2.13. The van der Waals surface area contributed by atoms with E-state index in [1.54, 1.807) is 41.1 Å². The third-order valence-corrected chi connectivity index (χ3v) is 4.85. The number of hydrogen-bond acceptors (Lipinski definition) is 4. The first-order chi connectivity index (χ1) is 12.4.